The van der Waals surface area contributed by atoms with E-state index < -0.39 is 23.6 Å². The zero-order valence-electron chi connectivity index (χ0n) is 17.2. The molecule has 2 aliphatic rings. The molecule has 3 rings (SSSR count). The zero-order chi connectivity index (χ0) is 21.5. The van der Waals surface area contributed by atoms with Crippen LogP contribution in [0.25, 0.3) is 0 Å². The van der Waals surface area contributed by atoms with Gasteiger partial charge in [0.25, 0.3) is 5.56 Å². The third-order valence-corrected chi connectivity index (χ3v) is 5.23. The molecule has 2 atom stereocenters. The van der Waals surface area contributed by atoms with Crippen LogP contribution in [0.3, 0.4) is 0 Å². The fourth-order valence-corrected chi connectivity index (χ4v) is 3.92. The lowest BCUT2D eigenvalue weighted by molar-refractivity contribution is 0.0221. The van der Waals surface area contributed by atoms with Crippen molar-refractivity contribution in [2.75, 3.05) is 34.2 Å². The molecule has 0 spiro atoms. The number of ether oxygens (including phenoxy) is 2. The van der Waals surface area contributed by atoms with Gasteiger partial charge in [0, 0.05) is 39.6 Å². The third-order valence-electron chi connectivity index (χ3n) is 5.23. The van der Waals surface area contributed by atoms with Crippen LogP contribution in [0.5, 0.6) is 0 Å². The number of carbonyl (C=O) groups is 2. The Morgan fingerprint density at radius 2 is 1.41 bits per heavy atom. The van der Waals surface area contributed by atoms with Crippen LogP contribution in [-0.2, 0) is 23.2 Å². The fourth-order valence-electron chi connectivity index (χ4n) is 3.92. The highest BCUT2D eigenvalue weighted by molar-refractivity contribution is 5.85. The van der Waals surface area contributed by atoms with E-state index in [-0.39, 0.29) is 32.2 Å². The molecule has 1 aromatic heterocycles. The van der Waals surface area contributed by atoms with Crippen LogP contribution in [-0.4, -0.2) is 87.4 Å². The quantitative estimate of drug-likeness (QED) is 0.580. The number of aryl methyl sites for hydroxylation is 1. The molecule has 0 N–H and O–H groups in total. The minimum atomic E-state index is -0.672. The van der Waals surface area contributed by atoms with Crippen LogP contribution < -0.4 is 11.2 Å². The van der Waals surface area contributed by atoms with Gasteiger partial charge in [0.1, 0.15) is 20.1 Å². The molecule has 0 radical (unpaired) electrons. The molecule has 0 saturated carbocycles. The third kappa shape index (κ3) is 3.17. The molecular formula is C17H26N6O6. The van der Waals surface area contributed by atoms with E-state index in [0.29, 0.717) is 12.1 Å². The second kappa shape index (κ2) is 7.87. The summed E-state index contributed by atoms with van der Waals surface area (Å²) < 4.78 is 12.6. The van der Waals surface area contributed by atoms with Crippen molar-refractivity contribution in [3.8, 4) is 0 Å². The number of methoxy groups -OCH3 is 2. The number of hydrogen-bond acceptors (Lipinski definition) is 6. The lowest BCUT2D eigenvalue weighted by Crippen LogP contribution is -2.50. The van der Waals surface area contributed by atoms with Crippen LogP contribution in [0.1, 0.15) is 12.5 Å². The highest BCUT2D eigenvalue weighted by Crippen LogP contribution is 2.35. The van der Waals surface area contributed by atoms with Gasteiger partial charge in [0.2, 0.25) is 0 Å². The number of rotatable bonds is 7. The van der Waals surface area contributed by atoms with E-state index in [0.717, 1.165) is 4.57 Å². The molecule has 2 unspecified atom stereocenters. The monoisotopic (exact) mass is 410 g/mol. The highest BCUT2D eigenvalue weighted by atomic mass is 16.5. The first-order chi connectivity index (χ1) is 13.8. The topological polar surface area (TPSA) is 110 Å². The number of amides is 4. The average molecular weight is 410 g/mol. The van der Waals surface area contributed by atoms with Crippen molar-refractivity contribution in [2.45, 2.75) is 32.8 Å². The van der Waals surface area contributed by atoms with Gasteiger partial charge >= 0.3 is 17.8 Å². The van der Waals surface area contributed by atoms with E-state index in [2.05, 4.69) is 0 Å². The smallest absolute Gasteiger partial charge is 0.332 e. The van der Waals surface area contributed by atoms with Gasteiger partial charge in [-0.15, -0.1) is 0 Å². The Labute approximate surface area is 167 Å². The Kier molecular flexibility index (Phi) is 5.66. The number of hydrogen-bond donors (Lipinski definition) is 0. The normalized spacial score (nSPS) is 21.6. The van der Waals surface area contributed by atoms with Crippen LogP contribution in [0.15, 0.2) is 15.8 Å². The Balaban J connectivity index is 2.05. The first-order valence-corrected chi connectivity index (χ1v) is 9.17. The van der Waals surface area contributed by atoms with Gasteiger partial charge in [-0.1, -0.05) is 0 Å². The number of urea groups is 2. The lowest BCUT2D eigenvalue weighted by Gasteiger charge is -2.29. The number of carbonyl (C=O) groups excluding carboxylic acids is 2. The summed E-state index contributed by atoms with van der Waals surface area (Å²) in [5.41, 5.74) is -0.563. The molecule has 0 bridgehead atoms. The Hall–Kier alpha value is -2.86. The van der Waals surface area contributed by atoms with Crippen LogP contribution in [0.2, 0.25) is 0 Å². The first kappa shape index (κ1) is 20.9. The van der Waals surface area contributed by atoms with Crippen molar-refractivity contribution >= 4 is 12.1 Å². The molecule has 12 heteroatoms. The van der Waals surface area contributed by atoms with Crippen molar-refractivity contribution in [3.05, 3.63) is 32.6 Å². The number of nitrogens with zero attached hydrogens (tertiary/aromatic N) is 6. The van der Waals surface area contributed by atoms with E-state index in [4.69, 9.17) is 9.47 Å². The summed E-state index contributed by atoms with van der Waals surface area (Å²) in [5.74, 6) is 0. The van der Waals surface area contributed by atoms with Crippen LogP contribution in [0, 0.1) is 6.92 Å². The maximum atomic E-state index is 13.1. The first-order valence-electron chi connectivity index (χ1n) is 9.17. The summed E-state index contributed by atoms with van der Waals surface area (Å²) in [5, 5.41) is 0. The van der Waals surface area contributed by atoms with Crippen molar-refractivity contribution in [2.24, 2.45) is 7.05 Å². The molecular weight excluding hydrogens is 384 g/mol. The largest absolute Gasteiger partial charge is 0.364 e. The standard InChI is InChI=1S/C17H26N6O6/c1-6-20-12-13(23(10-29-5)17(27)22(12)9-28-4)21(16(20)26)8-19-7-11(2)14(24)18(3)15(19)25/h7,12-13H,6,8-10H2,1-5H3. The molecule has 2 saturated heterocycles. The summed E-state index contributed by atoms with van der Waals surface area (Å²) in [6.45, 7) is 3.65. The van der Waals surface area contributed by atoms with E-state index in [1.165, 1.54) is 46.7 Å². The average Bonchev–Trinajstić information content (AvgIpc) is 3.11. The van der Waals surface area contributed by atoms with Crippen molar-refractivity contribution in [1.82, 2.24) is 28.7 Å². The van der Waals surface area contributed by atoms with Crippen LogP contribution in [0.4, 0.5) is 9.59 Å². The van der Waals surface area contributed by atoms with Gasteiger partial charge in [-0.2, -0.15) is 0 Å². The maximum Gasteiger partial charge on any atom is 0.332 e. The molecule has 3 heterocycles. The predicted octanol–water partition coefficient (Wildman–Crippen LogP) is -0.832. The van der Waals surface area contributed by atoms with Gasteiger partial charge in [-0.3, -0.25) is 28.6 Å². The molecule has 1 aromatic rings. The summed E-state index contributed by atoms with van der Waals surface area (Å²) in [6, 6.07) is -0.653. The minimum Gasteiger partial charge on any atom is -0.364 e. The van der Waals surface area contributed by atoms with Gasteiger partial charge < -0.3 is 14.4 Å². The maximum absolute atomic E-state index is 13.1. The molecule has 4 amide bonds. The van der Waals surface area contributed by atoms with E-state index in [9.17, 15) is 19.2 Å². The fraction of sp³-hybridized carbons (Fsp3) is 0.647. The summed E-state index contributed by atoms with van der Waals surface area (Å²) in [4.78, 5) is 56.5. The number of likely N-dealkylation sites (N-methyl/N-ethyl adjacent to an activating group) is 1. The molecule has 0 aromatic carbocycles. The molecule has 160 valence electrons. The van der Waals surface area contributed by atoms with Crippen molar-refractivity contribution < 1.29 is 19.1 Å². The van der Waals surface area contributed by atoms with Gasteiger partial charge in [-0.05, 0) is 13.8 Å². The van der Waals surface area contributed by atoms with Gasteiger partial charge in [0.15, 0.2) is 12.3 Å². The molecule has 29 heavy (non-hydrogen) atoms. The van der Waals surface area contributed by atoms with Crippen molar-refractivity contribution in [1.29, 1.82) is 0 Å². The minimum absolute atomic E-state index is 0.0106. The molecule has 12 nitrogen and oxygen atoms in total. The number of aromatic nitrogens is 2. The Bertz CT molecular complexity index is 926. The second-order valence-corrected chi connectivity index (χ2v) is 6.99. The van der Waals surface area contributed by atoms with Gasteiger partial charge in [-0.25, -0.2) is 14.4 Å². The molecule has 2 fully saturated rings. The SMILES string of the molecule is CCN1C(=O)N(Cn2cc(C)c(=O)n(C)c2=O)C2C1N(COC)C(=O)N2COC. The molecule has 0 aliphatic carbocycles. The summed E-state index contributed by atoms with van der Waals surface area (Å²) >= 11 is 0. The van der Waals surface area contributed by atoms with E-state index >= 15 is 0 Å². The highest BCUT2D eigenvalue weighted by Gasteiger charge is 2.58. The van der Waals surface area contributed by atoms with E-state index in [1.807, 2.05) is 6.92 Å². The predicted molar refractivity (Wildman–Crippen MR) is 101 cm³/mol. The Morgan fingerprint density at radius 1 is 0.897 bits per heavy atom. The lowest BCUT2D eigenvalue weighted by atomic mass is 10.3. The van der Waals surface area contributed by atoms with Crippen molar-refractivity contribution in [3.63, 3.8) is 0 Å². The van der Waals surface area contributed by atoms with Crippen LogP contribution >= 0.6 is 0 Å². The zero-order valence-corrected chi connectivity index (χ0v) is 17.2. The van der Waals surface area contributed by atoms with Gasteiger partial charge in [0.05, 0.1) is 0 Å². The summed E-state index contributed by atoms with van der Waals surface area (Å²) in [6.07, 6.45) is 0.167. The molecule has 2 aliphatic heterocycles. The van der Waals surface area contributed by atoms with E-state index in [1.54, 1.807) is 11.8 Å². The Morgan fingerprint density at radius 3 is 1.93 bits per heavy atom. The second-order valence-electron chi connectivity index (χ2n) is 6.99. The number of fused-ring (bicyclic) bond motifs is 1. The summed E-state index contributed by atoms with van der Waals surface area (Å²) in [7, 11) is 4.32.